The fourth-order valence-electron chi connectivity index (χ4n) is 1.17. The highest BCUT2D eigenvalue weighted by Gasteiger charge is 2.27. The quantitative estimate of drug-likeness (QED) is 0.877. The molecule has 0 radical (unpaired) electrons. The van der Waals surface area contributed by atoms with E-state index in [2.05, 4.69) is 21.2 Å². The van der Waals surface area contributed by atoms with E-state index in [1.54, 1.807) is 0 Å². The molecule has 3 N–H and O–H groups in total. The molecule has 88 valence electrons. The molecule has 1 amide bonds. The van der Waals surface area contributed by atoms with Crippen LogP contribution in [-0.2, 0) is 4.79 Å². The lowest BCUT2D eigenvalue weighted by atomic mass is 9.87. The van der Waals surface area contributed by atoms with Crippen LogP contribution >= 0.6 is 15.9 Å². The zero-order valence-corrected chi connectivity index (χ0v) is 11.3. The van der Waals surface area contributed by atoms with Crippen molar-refractivity contribution in [1.29, 1.82) is 0 Å². The third-order valence-corrected chi connectivity index (χ3v) is 3.04. The van der Waals surface area contributed by atoms with E-state index in [0.717, 1.165) is 10.2 Å². The van der Waals surface area contributed by atoms with Crippen LogP contribution in [0.25, 0.3) is 0 Å². The molecule has 0 bridgehead atoms. The second-order valence-electron chi connectivity index (χ2n) is 4.81. The average molecular weight is 285 g/mol. The number of hydrogen-bond donors (Lipinski definition) is 2. The number of rotatable bonds is 2. The van der Waals surface area contributed by atoms with E-state index in [4.69, 9.17) is 5.73 Å². The van der Waals surface area contributed by atoms with Gasteiger partial charge in [-0.15, -0.1) is 0 Å². The summed E-state index contributed by atoms with van der Waals surface area (Å²) < 4.78 is 0.851. The topological polar surface area (TPSA) is 55.1 Å². The number of para-hydroxylation sites is 1. The monoisotopic (exact) mass is 284 g/mol. The Hall–Kier alpha value is -0.870. The van der Waals surface area contributed by atoms with E-state index in [1.165, 1.54) is 0 Å². The lowest BCUT2D eigenvalue weighted by Crippen LogP contribution is -2.45. The maximum absolute atomic E-state index is 11.9. The van der Waals surface area contributed by atoms with E-state index < -0.39 is 6.04 Å². The van der Waals surface area contributed by atoms with Crippen LogP contribution in [0, 0.1) is 5.41 Å². The van der Waals surface area contributed by atoms with E-state index >= 15 is 0 Å². The van der Waals surface area contributed by atoms with Gasteiger partial charge in [-0.2, -0.15) is 0 Å². The average Bonchev–Trinajstić information content (AvgIpc) is 2.19. The Labute approximate surface area is 105 Å². The summed E-state index contributed by atoms with van der Waals surface area (Å²) in [5, 5.41) is 2.81. The summed E-state index contributed by atoms with van der Waals surface area (Å²) >= 11 is 3.37. The van der Waals surface area contributed by atoms with Crippen molar-refractivity contribution in [2.75, 3.05) is 5.32 Å². The van der Waals surface area contributed by atoms with E-state index in [-0.39, 0.29) is 11.3 Å². The van der Waals surface area contributed by atoms with Crippen molar-refractivity contribution in [1.82, 2.24) is 0 Å². The minimum atomic E-state index is -0.528. The van der Waals surface area contributed by atoms with Gasteiger partial charge in [-0.25, -0.2) is 0 Å². The minimum absolute atomic E-state index is 0.167. The van der Waals surface area contributed by atoms with Gasteiger partial charge in [0.05, 0.1) is 11.7 Å². The Morgan fingerprint density at radius 2 is 1.94 bits per heavy atom. The van der Waals surface area contributed by atoms with Gasteiger partial charge in [0, 0.05) is 4.47 Å². The molecular weight excluding hydrogens is 268 g/mol. The first kappa shape index (κ1) is 13.2. The van der Waals surface area contributed by atoms with Crippen LogP contribution in [-0.4, -0.2) is 11.9 Å². The molecule has 3 nitrogen and oxygen atoms in total. The van der Waals surface area contributed by atoms with E-state index in [9.17, 15) is 4.79 Å². The Balaban J connectivity index is 2.76. The first-order chi connectivity index (χ1) is 7.32. The van der Waals surface area contributed by atoms with Crippen LogP contribution in [0.15, 0.2) is 28.7 Å². The first-order valence-corrected chi connectivity index (χ1v) is 5.92. The molecule has 0 unspecified atom stereocenters. The van der Waals surface area contributed by atoms with Crippen LogP contribution in [0.5, 0.6) is 0 Å². The van der Waals surface area contributed by atoms with Gasteiger partial charge in [0.1, 0.15) is 0 Å². The molecule has 0 fully saturated rings. The highest BCUT2D eigenvalue weighted by Crippen LogP contribution is 2.23. The highest BCUT2D eigenvalue weighted by atomic mass is 79.9. The van der Waals surface area contributed by atoms with Crippen molar-refractivity contribution in [2.24, 2.45) is 11.1 Å². The summed E-state index contributed by atoms with van der Waals surface area (Å²) in [6.07, 6.45) is 0. The third-order valence-electron chi connectivity index (χ3n) is 2.35. The zero-order valence-electron chi connectivity index (χ0n) is 9.75. The predicted octanol–water partition coefficient (Wildman–Crippen LogP) is 2.76. The molecule has 1 aromatic rings. The summed E-state index contributed by atoms with van der Waals surface area (Å²) in [6, 6.07) is 6.93. The minimum Gasteiger partial charge on any atom is -0.324 e. The van der Waals surface area contributed by atoms with Gasteiger partial charge in [0.25, 0.3) is 0 Å². The van der Waals surface area contributed by atoms with Gasteiger partial charge in [0.2, 0.25) is 5.91 Å². The lowest BCUT2D eigenvalue weighted by molar-refractivity contribution is -0.119. The fraction of sp³-hybridized carbons (Fsp3) is 0.417. The molecule has 0 heterocycles. The maximum atomic E-state index is 11.9. The maximum Gasteiger partial charge on any atom is 0.241 e. The molecule has 1 atom stereocenters. The van der Waals surface area contributed by atoms with Crippen molar-refractivity contribution in [2.45, 2.75) is 26.8 Å². The lowest BCUT2D eigenvalue weighted by Gasteiger charge is -2.26. The van der Waals surface area contributed by atoms with Gasteiger partial charge in [-0.05, 0) is 33.5 Å². The van der Waals surface area contributed by atoms with E-state index in [0.29, 0.717) is 0 Å². The van der Waals surface area contributed by atoms with Crippen molar-refractivity contribution in [3.63, 3.8) is 0 Å². The number of benzene rings is 1. The van der Waals surface area contributed by atoms with Crippen LogP contribution < -0.4 is 11.1 Å². The summed E-state index contributed by atoms with van der Waals surface area (Å²) in [7, 11) is 0. The molecule has 4 heteroatoms. The molecule has 0 aliphatic rings. The Morgan fingerprint density at radius 1 is 1.38 bits per heavy atom. The van der Waals surface area contributed by atoms with Gasteiger partial charge >= 0.3 is 0 Å². The molecule has 0 aliphatic heterocycles. The molecule has 0 aromatic heterocycles. The number of anilines is 1. The normalized spacial score (nSPS) is 13.3. The summed E-state index contributed by atoms with van der Waals surface area (Å²) in [5.41, 5.74) is 6.36. The Bertz CT molecular complexity index is 385. The standard InChI is InChI=1S/C12H17BrN2O/c1-12(2,3)10(14)11(16)15-9-7-5-4-6-8(9)13/h4-7,10H,14H2,1-3H3,(H,15,16)/t10-/m1/s1. The second kappa shape index (κ2) is 4.97. The highest BCUT2D eigenvalue weighted by molar-refractivity contribution is 9.10. The van der Waals surface area contributed by atoms with Gasteiger partial charge < -0.3 is 11.1 Å². The van der Waals surface area contributed by atoms with Crippen LogP contribution in [0.2, 0.25) is 0 Å². The number of carbonyl (C=O) groups excluding carboxylic acids is 1. The first-order valence-electron chi connectivity index (χ1n) is 5.13. The Morgan fingerprint density at radius 3 is 2.44 bits per heavy atom. The molecule has 1 aromatic carbocycles. The van der Waals surface area contributed by atoms with Crippen LogP contribution in [0.3, 0.4) is 0 Å². The SMILES string of the molecule is CC(C)(C)[C@H](N)C(=O)Nc1ccccc1Br. The molecule has 0 saturated heterocycles. The summed E-state index contributed by atoms with van der Waals surface area (Å²) in [5.74, 6) is -0.167. The van der Waals surface area contributed by atoms with Gasteiger partial charge in [-0.3, -0.25) is 4.79 Å². The fourth-order valence-corrected chi connectivity index (χ4v) is 1.55. The molecule has 16 heavy (non-hydrogen) atoms. The number of hydrogen-bond acceptors (Lipinski definition) is 2. The van der Waals surface area contributed by atoms with E-state index in [1.807, 2.05) is 45.0 Å². The smallest absolute Gasteiger partial charge is 0.241 e. The molecular formula is C12H17BrN2O. The van der Waals surface area contributed by atoms with Crippen molar-refractivity contribution in [3.8, 4) is 0 Å². The van der Waals surface area contributed by atoms with Crippen molar-refractivity contribution >= 4 is 27.5 Å². The van der Waals surface area contributed by atoms with Crippen molar-refractivity contribution < 1.29 is 4.79 Å². The van der Waals surface area contributed by atoms with Gasteiger partial charge in [0.15, 0.2) is 0 Å². The molecule has 0 saturated carbocycles. The zero-order chi connectivity index (χ0) is 12.3. The van der Waals surface area contributed by atoms with Gasteiger partial charge in [-0.1, -0.05) is 32.9 Å². The predicted molar refractivity (Wildman–Crippen MR) is 70.2 cm³/mol. The number of carbonyl (C=O) groups is 1. The second-order valence-corrected chi connectivity index (χ2v) is 5.67. The Kier molecular flexibility index (Phi) is 4.10. The number of halogens is 1. The number of amides is 1. The number of nitrogens with one attached hydrogen (secondary N) is 1. The summed E-state index contributed by atoms with van der Waals surface area (Å²) in [4.78, 5) is 11.9. The van der Waals surface area contributed by atoms with Crippen molar-refractivity contribution in [3.05, 3.63) is 28.7 Å². The van der Waals surface area contributed by atoms with Crippen LogP contribution in [0.4, 0.5) is 5.69 Å². The molecule has 1 rings (SSSR count). The molecule has 0 aliphatic carbocycles. The third kappa shape index (κ3) is 3.32. The largest absolute Gasteiger partial charge is 0.324 e. The van der Waals surface area contributed by atoms with Crippen LogP contribution in [0.1, 0.15) is 20.8 Å². The number of nitrogens with two attached hydrogens (primary N) is 1. The molecule has 0 spiro atoms. The summed E-state index contributed by atoms with van der Waals surface area (Å²) in [6.45, 7) is 5.83.